The van der Waals surface area contributed by atoms with E-state index in [0.717, 1.165) is 5.69 Å². The molecule has 0 spiro atoms. The summed E-state index contributed by atoms with van der Waals surface area (Å²) in [6.45, 7) is 0.451. The summed E-state index contributed by atoms with van der Waals surface area (Å²) < 4.78 is 3.24. The number of nitrogens with one attached hydrogen (secondary N) is 1. The fourth-order valence-electron chi connectivity index (χ4n) is 2.83. The lowest BCUT2D eigenvalue weighted by molar-refractivity contribution is 0.311. The molecular formula is C17H14ClN5O2. The van der Waals surface area contributed by atoms with E-state index in [-0.39, 0.29) is 12.2 Å². The van der Waals surface area contributed by atoms with E-state index in [9.17, 15) is 4.79 Å². The van der Waals surface area contributed by atoms with Crippen molar-refractivity contribution in [2.75, 3.05) is 18.5 Å². The van der Waals surface area contributed by atoms with Crippen LogP contribution in [0.4, 0.5) is 5.69 Å². The van der Waals surface area contributed by atoms with E-state index in [1.54, 1.807) is 47.1 Å². The number of aliphatic hydroxyl groups excluding tert-OH is 1. The molecule has 7 nitrogen and oxygen atoms in total. The van der Waals surface area contributed by atoms with Crippen LogP contribution in [0.2, 0.25) is 5.02 Å². The molecule has 126 valence electrons. The van der Waals surface area contributed by atoms with E-state index in [0.29, 0.717) is 33.9 Å². The molecule has 0 radical (unpaired) electrons. The van der Waals surface area contributed by atoms with Gasteiger partial charge in [0.15, 0.2) is 0 Å². The number of rotatable bonds is 4. The smallest absolute Gasteiger partial charge is 0.267 e. The van der Waals surface area contributed by atoms with Gasteiger partial charge in [-0.25, -0.2) is 4.57 Å². The van der Waals surface area contributed by atoms with Gasteiger partial charge in [0.1, 0.15) is 6.33 Å². The van der Waals surface area contributed by atoms with Crippen molar-refractivity contribution in [3.8, 4) is 5.69 Å². The third-order valence-corrected chi connectivity index (χ3v) is 4.16. The predicted molar refractivity (Wildman–Crippen MR) is 96.7 cm³/mol. The summed E-state index contributed by atoms with van der Waals surface area (Å²) in [5, 5.41) is 21.2. The first kappa shape index (κ1) is 15.6. The number of fused-ring (bicyclic) bond motifs is 3. The summed E-state index contributed by atoms with van der Waals surface area (Å²) in [4.78, 5) is 13.1. The number of anilines is 1. The van der Waals surface area contributed by atoms with Crippen LogP contribution in [0.5, 0.6) is 0 Å². The van der Waals surface area contributed by atoms with Crippen LogP contribution in [0.1, 0.15) is 0 Å². The van der Waals surface area contributed by atoms with Crippen LogP contribution in [-0.2, 0) is 0 Å². The number of aromatic nitrogens is 4. The van der Waals surface area contributed by atoms with Crippen molar-refractivity contribution in [3.05, 3.63) is 64.2 Å². The van der Waals surface area contributed by atoms with Crippen LogP contribution in [0.15, 0.2) is 53.6 Å². The van der Waals surface area contributed by atoms with Crippen molar-refractivity contribution >= 4 is 34.0 Å². The normalized spacial score (nSPS) is 11.3. The fourth-order valence-corrected chi connectivity index (χ4v) is 3.02. The van der Waals surface area contributed by atoms with E-state index in [4.69, 9.17) is 16.7 Å². The number of nitrogens with zero attached hydrogens (tertiary/aromatic N) is 4. The standard InChI is InChI=1S/C17H14ClN5O2/c18-11-2-1-3-13(8-11)23-16(25)14-5-4-12(19-6-7-24)9-15(14)22-10-20-21-17(22)23/h1-5,8-10,19,24H,6-7H2. The average molecular weight is 356 g/mol. The van der Waals surface area contributed by atoms with Crippen molar-refractivity contribution in [3.63, 3.8) is 0 Å². The van der Waals surface area contributed by atoms with Gasteiger partial charge in [0, 0.05) is 17.3 Å². The monoisotopic (exact) mass is 355 g/mol. The number of benzene rings is 2. The maximum Gasteiger partial charge on any atom is 0.267 e. The van der Waals surface area contributed by atoms with Gasteiger partial charge in [0.05, 0.1) is 23.2 Å². The van der Waals surface area contributed by atoms with E-state index in [2.05, 4.69) is 15.5 Å². The van der Waals surface area contributed by atoms with Gasteiger partial charge < -0.3 is 10.4 Å². The summed E-state index contributed by atoms with van der Waals surface area (Å²) in [7, 11) is 0. The molecular weight excluding hydrogens is 342 g/mol. The highest BCUT2D eigenvalue weighted by Gasteiger charge is 2.14. The first-order valence-electron chi connectivity index (χ1n) is 7.68. The molecule has 25 heavy (non-hydrogen) atoms. The molecule has 2 aromatic heterocycles. The molecule has 4 aromatic rings. The molecule has 0 fully saturated rings. The molecule has 4 rings (SSSR count). The summed E-state index contributed by atoms with van der Waals surface area (Å²) in [5.74, 6) is 0.402. The summed E-state index contributed by atoms with van der Waals surface area (Å²) >= 11 is 6.07. The Labute approximate surface area is 147 Å². The largest absolute Gasteiger partial charge is 0.395 e. The molecule has 2 aromatic carbocycles. The number of hydrogen-bond donors (Lipinski definition) is 2. The van der Waals surface area contributed by atoms with Crippen molar-refractivity contribution in [2.24, 2.45) is 0 Å². The highest BCUT2D eigenvalue weighted by Crippen LogP contribution is 2.21. The van der Waals surface area contributed by atoms with Crippen LogP contribution in [0.3, 0.4) is 0 Å². The van der Waals surface area contributed by atoms with Gasteiger partial charge in [-0.1, -0.05) is 17.7 Å². The average Bonchev–Trinajstić information content (AvgIpc) is 3.09. The first-order chi connectivity index (χ1) is 12.2. The maximum absolute atomic E-state index is 13.1. The molecule has 0 saturated heterocycles. The maximum atomic E-state index is 13.1. The summed E-state index contributed by atoms with van der Waals surface area (Å²) in [5.41, 5.74) is 1.91. The second-order valence-electron chi connectivity index (χ2n) is 5.50. The van der Waals surface area contributed by atoms with Crippen molar-refractivity contribution < 1.29 is 5.11 Å². The Hall–Kier alpha value is -2.90. The molecule has 2 heterocycles. The quantitative estimate of drug-likeness (QED) is 0.585. The van der Waals surface area contributed by atoms with Crippen LogP contribution in [0, 0.1) is 0 Å². The second kappa shape index (κ2) is 6.19. The van der Waals surface area contributed by atoms with E-state index < -0.39 is 0 Å². The third kappa shape index (κ3) is 2.63. The fraction of sp³-hybridized carbons (Fsp3) is 0.118. The van der Waals surface area contributed by atoms with Gasteiger partial charge in [-0.2, -0.15) is 0 Å². The van der Waals surface area contributed by atoms with Crippen LogP contribution < -0.4 is 10.9 Å². The molecule has 0 bridgehead atoms. The van der Waals surface area contributed by atoms with Gasteiger partial charge in [-0.3, -0.25) is 9.20 Å². The van der Waals surface area contributed by atoms with Crippen molar-refractivity contribution in [1.82, 2.24) is 19.2 Å². The van der Waals surface area contributed by atoms with E-state index in [1.165, 1.54) is 4.57 Å². The molecule has 0 amide bonds. The Bertz CT molecular complexity index is 1130. The Kier molecular flexibility index (Phi) is 3.87. The lowest BCUT2D eigenvalue weighted by atomic mass is 10.2. The zero-order valence-electron chi connectivity index (χ0n) is 13.1. The molecule has 0 aliphatic rings. The van der Waals surface area contributed by atoms with E-state index >= 15 is 0 Å². The van der Waals surface area contributed by atoms with Gasteiger partial charge in [-0.15, -0.1) is 10.2 Å². The molecule has 0 atom stereocenters. The molecule has 2 N–H and O–H groups in total. The van der Waals surface area contributed by atoms with Crippen LogP contribution >= 0.6 is 11.6 Å². The highest BCUT2D eigenvalue weighted by molar-refractivity contribution is 6.30. The SMILES string of the molecule is O=c1c2ccc(NCCO)cc2n2cnnc2n1-c1cccc(Cl)c1. The van der Waals surface area contributed by atoms with Gasteiger partial charge in [0.25, 0.3) is 5.56 Å². The molecule has 0 saturated carbocycles. The number of halogens is 1. The summed E-state index contributed by atoms with van der Waals surface area (Å²) in [6, 6.07) is 12.4. The van der Waals surface area contributed by atoms with Gasteiger partial charge in [0.2, 0.25) is 5.78 Å². The minimum atomic E-state index is -0.202. The highest BCUT2D eigenvalue weighted by atomic mass is 35.5. The van der Waals surface area contributed by atoms with E-state index in [1.807, 2.05) is 6.07 Å². The predicted octanol–water partition coefficient (Wildman–Crippen LogP) is 2.09. The molecule has 0 aliphatic heterocycles. The topological polar surface area (TPSA) is 84.4 Å². The van der Waals surface area contributed by atoms with Crippen LogP contribution in [0.25, 0.3) is 22.4 Å². The Morgan fingerprint density at radius 2 is 2.08 bits per heavy atom. The minimum absolute atomic E-state index is 0.0242. The zero-order valence-corrected chi connectivity index (χ0v) is 13.8. The molecule has 0 unspecified atom stereocenters. The van der Waals surface area contributed by atoms with Gasteiger partial charge >= 0.3 is 0 Å². The Balaban J connectivity index is 2.03. The lowest BCUT2D eigenvalue weighted by Crippen LogP contribution is -2.21. The Morgan fingerprint density at radius 1 is 1.20 bits per heavy atom. The zero-order chi connectivity index (χ0) is 17.4. The first-order valence-corrected chi connectivity index (χ1v) is 8.06. The van der Waals surface area contributed by atoms with Crippen LogP contribution in [-0.4, -0.2) is 37.4 Å². The third-order valence-electron chi connectivity index (χ3n) is 3.93. The van der Waals surface area contributed by atoms with Gasteiger partial charge in [-0.05, 0) is 36.4 Å². The molecule has 0 aliphatic carbocycles. The number of aliphatic hydroxyl groups is 1. The van der Waals surface area contributed by atoms with Crippen molar-refractivity contribution in [1.29, 1.82) is 0 Å². The van der Waals surface area contributed by atoms with Crippen molar-refractivity contribution in [2.45, 2.75) is 0 Å². The summed E-state index contributed by atoms with van der Waals surface area (Å²) in [6.07, 6.45) is 1.56. The minimum Gasteiger partial charge on any atom is -0.395 e. The second-order valence-corrected chi connectivity index (χ2v) is 5.94. The number of hydrogen-bond acceptors (Lipinski definition) is 5. The Morgan fingerprint density at radius 3 is 2.88 bits per heavy atom. The molecule has 8 heteroatoms. The lowest BCUT2D eigenvalue weighted by Gasteiger charge is -2.12.